The molecule has 4 rings (SSSR count). The number of hydrogen-bond donors (Lipinski definition) is 3. The van der Waals surface area contributed by atoms with Crippen molar-refractivity contribution in [2.45, 2.75) is 38.6 Å². The van der Waals surface area contributed by atoms with Crippen molar-refractivity contribution in [2.75, 3.05) is 13.6 Å². The van der Waals surface area contributed by atoms with Gasteiger partial charge in [-0.1, -0.05) is 47.9 Å². The normalized spacial score (nSPS) is 12.5. The van der Waals surface area contributed by atoms with Crippen molar-refractivity contribution in [3.05, 3.63) is 111 Å². The van der Waals surface area contributed by atoms with Crippen LogP contribution in [0.1, 0.15) is 42.5 Å². The molecule has 0 spiro atoms. The van der Waals surface area contributed by atoms with Gasteiger partial charge in [-0.15, -0.1) is 11.3 Å². The number of thiazole rings is 1. The summed E-state index contributed by atoms with van der Waals surface area (Å²) in [6.45, 7) is 3.02. The van der Waals surface area contributed by atoms with Crippen molar-refractivity contribution in [1.29, 1.82) is 0 Å². The molecule has 0 fully saturated rings. The van der Waals surface area contributed by atoms with E-state index in [-0.39, 0.29) is 18.4 Å². The van der Waals surface area contributed by atoms with Crippen molar-refractivity contribution in [3.63, 3.8) is 0 Å². The van der Waals surface area contributed by atoms with Crippen molar-refractivity contribution < 1.29 is 14.7 Å². The zero-order valence-corrected chi connectivity index (χ0v) is 23.4. The Morgan fingerprint density at radius 2 is 1.82 bits per heavy atom. The van der Waals surface area contributed by atoms with Crippen LogP contribution in [0.2, 0.25) is 0 Å². The Labute approximate surface area is 239 Å². The van der Waals surface area contributed by atoms with Gasteiger partial charge in [0.05, 0.1) is 18.7 Å². The highest BCUT2D eigenvalue weighted by molar-refractivity contribution is 7.09. The van der Waals surface area contributed by atoms with Gasteiger partial charge in [0, 0.05) is 54.7 Å². The molecular formula is C30H32BN5O3S. The third-order valence-electron chi connectivity index (χ3n) is 6.34. The second-order valence-electron chi connectivity index (χ2n) is 9.72. The molecule has 0 aliphatic heterocycles. The Hall–Kier alpha value is -3.86. The zero-order valence-electron chi connectivity index (χ0n) is 22.6. The van der Waals surface area contributed by atoms with Gasteiger partial charge >= 0.3 is 0 Å². The summed E-state index contributed by atoms with van der Waals surface area (Å²) in [4.78, 5) is 36.5. The number of hydrogen-bond acceptors (Lipinski definition) is 7. The summed E-state index contributed by atoms with van der Waals surface area (Å²) in [6, 6.07) is 17.5. The molecule has 2 amide bonds. The van der Waals surface area contributed by atoms with Gasteiger partial charge in [-0.25, -0.2) is 4.98 Å². The molecule has 204 valence electrons. The lowest BCUT2D eigenvalue weighted by molar-refractivity contribution is 0.0784. The first-order valence-electron chi connectivity index (χ1n) is 13.0. The van der Waals surface area contributed by atoms with Crippen LogP contribution in [0.4, 0.5) is 0 Å². The number of pyridine rings is 1. The first-order valence-corrected chi connectivity index (χ1v) is 13.9. The second-order valence-corrected chi connectivity index (χ2v) is 10.7. The third-order valence-corrected chi connectivity index (χ3v) is 7.29. The molecule has 3 N–H and O–H groups in total. The summed E-state index contributed by atoms with van der Waals surface area (Å²) < 4.78 is 0. The fourth-order valence-electron chi connectivity index (χ4n) is 4.28. The summed E-state index contributed by atoms with van der Waals surface area (Å²) in [6.07, 6.45) is 2.84. The van der Waals surface area contributed by atoms with E-state index in [9.17, 15) is 14.7 Å². The topological polar surface area (TPSA) is 107 Å². The molecule has 2 heterocycles. The number of aryl methyl sites for hydroxylation is 1. The van der Waals surface area contributed by atoms with E-state index >= 15 is 0 Å². The maximum Gasteiger partial charge on any atom is 0.253 e. The Morgan fingerprint density at radius 3 is 2.55 bits per heavy atom. The second kappa shape index (κ2) is 14.0. The van der Waals surface area contributed by atoms with Crippen LogP contribution >= 0.6 is 11.3 Å². The van der Waals surface area contributed by atoms with Crippen molar-refractivity contribution in [3.8, 4) is 0 Å². The maximum atomic E-state index is 13.3. The van der Waals surface area contributed by atoms with Crippen LogP contribution in [0.25, 0.3) is 0 Å². The van der Waals surface area contributed by atoms with Crippen LogP contribution in [0.5, 0.6) is 0 Å². The van der Waals surface area contributed by atoms with Crippen LogP contribution in [-0.2, 0) is 19.5 Å². The highest BCUT2D eigenvalue weighted by Crippen LogP contribution is 2.15. The molecule has 40 heavy (non-hydrogen) atoms. The Kier molecular flexibility index (Phi) is 10.2. The maximum absolute atomic E-state index is 13.3. The van der Waals surface area contributed by atoms with E-state index in [0.717, 1.165) is 21.8 Å². The fourth-order valence-corrected chi connectivity index (χ4v) is 5.10. The standard InChI is InChI=1S/C30H32BN5O3S/c1-20-19-40-28(34-20)18-36(2)30(39)24-10-6-9-23(13-24)29(38)35-26(12-21-7-4-3-5-8-21)27(37)17-33-15-22-11-25(31)16-32-14-22/h3-11,13-14,16,19,26-27,33,37H,12,15,17-18H2,1-2H3,(H,35,38)/t26-,27+/m0/s1. The van der Waals surface area contributed by atoms with E-state index in [1.54, 1.807) is 48.6 Å². The number of carbonyl (C=O) groups is 2. The van der Waals surface area contributed by atoms with E-state index in [0.29, 0.717) is 36.1 Å². The minimum atomic E-state index is -0.879. The van der Waals surface area contributed by atoms with Gasteiger partial charge in [0.15, 0.2) is 0 Å². The predicted molar refractivity (Wildman–Crippen MR) is 158 cm³/mol. The molecule has 10 heteroatoms. The van der Waals surface area contributed by atoms with E-state index < -0.39 is 12.1 Å². The number of benzene rings is 2. The number of carbonyl (C=O) groups excluding carboxylic acids is 2. The summed E-state index contributed by atoms with van der Waals surface area (Å²) in [7, 11) is 7.52. The zero-order chi connectivity index (χ0) is 28.5. The van der Waals surface area contributed by atoms with Crippen molar-refractivity contribution in [2.24, 2.45) is 0 Å². The lowest BCUT2D eigenvalue weighted by Gasteiger charge is -2.25. The van der Waals surface area contributed by atoms with Crippen molar-refractivity contribution >= 4 is 36.5 Å². The highest BCUT2D eigenvalue weighted by Gasteiger charge is 2.23. The molecule has 8 nitrogen and oxygen atoms in total. The molecule has 4 aromatic rings. The molecule has 2 radical (unpaired) electrons. The lowest BCUT2D eigenvalue weighted by atomic mass is 9.97. The molecule has 0 aliphatic rings. The lowest BCUT2D eigenvalue weighted by Crippen LogP contribution is -2.48. The number of aromatic nitrogens is 2. The van der Waals surface area contributed by atoms with Crippen LogP contribution in [0, 0.1) is 6.92 Å². The van der Waals surface area contributed by atoms with Crippen LogP contribution in [0.15, 0.2) is 78.4 Å². The summed E-state index contributed by atoms with van der Waals surface area (Å²) in [5.74, 6) is -0.573. The number of nitrogens with one attached hydrogen (secondary N) is 2. The summed E-state index contributed by atoms with van der Waals surface area (Å²) >= 11 is 1.51. The number of aliphatic hydroxyl groups is 1. The Morgan fingerprint density at radius 1 is 1.05 bits per heavy atom. The van der Waals surface area contributed by atoms with Crippen LogP contribution < -0.4 is 16.1 Å². The van der Waals surface area contributed by atoms with E-state index in [1.807, 2.05) is 48.7 Å². The minimum absolute atomic E-state index is 0.205. The number of nitrogens with zero attached hydrogens (tertiary/aromatic N) is 3. The predicted octanol–water partition coefficient (Wildman–Crippen LogP) is 2.40. The van der Waals surface area contributed by atoms with Gasteiger partial charge in [-0.2, -0.15) is 0 Å². The van der Waals surface area contributed by atoms with E-state index in [2.05, 4.69) is 20.6 Å². The van der Waals surface area contributed by atoms with Gasteiger partial charge in [-0.3, -0.25) is 14.6 Å². The van der Waals surface area contributed by atoms with Crippen LogP contribution in [-0.4, -0.2) is 65.4 Å². The fraction of sp³-hybridized carbons (Fsp3) is 0.267. The molecular weight excluding hydrogens is 521 g/mol. The molecule has 0 aliphatic carbocycles. The molecule has 0 saturated heterocycles. The molecule has 0 bridgehead atoms. The van der Waals surface area contributed by atoms with Gasteiger partial charge in [-0.05, 0) is 42.7 Å². The Balaban J connectivity index is 1.42. The first-order chi connectivity index (χ1) is 19.3. The molecule has 2 aromatic heterocycles. The Bertz CT molecular complexity index is 1430. The van der Waals surface area contributed by atoms with Gasteiger partial charge in [0.1, 0.15) is 12.9 Å². The number of rotatable bonds is 12. The largest absolute Gasteiger partial charge is 0.390 e. The average molecular weight is 553 g/mol. The van der Waals surface area contributed by atoms with Gasteiger partial charge in [0.25, 0.3) is 11.8 Å². The smallest absolute Gasteiger partial charge is 0.253 e. The highest BCUT2D eigenvalue weighted by atomic mass is 32.1. The third kappa shape index (κ3) is 8.32. The first kappa shape index (κ1) is 29.1. The van der Waals surface area contributed by atoms with Gasteiger partial charge < -0.3 is 20.6 Å². The van der Waals surface area contributed by atoms with Crippen LogP contribution in [0.3, 0.4) is 0 Å². The summed E-state index contributed by atoms with van der Waals surface area (Å²) in [5.41, 5.74) is 4.11. The number of amides is 2. The van der Waals surface area contributed by atoms with E-state index in [1.165, 1.54) is 11.3 Å². The molecule has 2 atom stereocenters. The van der Waals surface area contributed by atoms with Crippen molar-refractivity contribution in [1.82, 2.24) is 25.5 Å². The summed E-state index contributed by atoms with van der Waals surface area (Å²) in [5, 5.41) is 20.1. The quantitative estimate of drug-likeness (QED) is 0.233. The monoisotopic (exact) mass is 553 g/mol. The van der Waals surface area contributed by atoms with Gasteiger partial charge in [0.2, 0.25) is 0 Å². The SMILES string of the molecule is [B]c1cncc(CNC[C@@H](O)[C@H](Cc2ccccc2)NC(=O)c2cccc(C(=O)N(C)Cc3nc(C)cs3)c2)c1. The minimum Gasteiger partial charge on any atom is -0.390 e. The number of aliphatic hydroxyl groups excluding tert-OH is 1. The molecule has 0 unspecified atom stereocenters. The molecule has 2 aromatic carbocycles. The molecule has 0 saturated carbocycles. The average Bonchev–Trinajstić information content (AvgIpc) is 3.37. The van der Waals surface area contributed by atoms with E-state index in [4.69, 9.17) is 7.85 Å².